The van der Waals surface area contributed by atoms with Crippen molar-refractivity contribution in [3.05, 3.63) is 30.1 Å². The molecule has 1 amide bonds. The average Bonchev–Trinajstić information content (AvgIpc) is 2.83. The number of tetrazole rings is 1. The molecule has 1 heterocycles. The van der Waals surface area contributed by atoms with Crippen LogP contribution in [0.1, 0.15) is 10.6 Å². The van der Waals surface area contributed by atoms with Crippen molar-refractivity contribution in [1.29, 1.82) is 0 Å². The van der Waals surface area contributed by atoms with Crippen LogP contribution in [0.3, 0.4) is 0 Å². The first-order valence-electron chi connectivity index (χ1n) is 4.48. The summed E-state index contributed by atoms with van der Waals surface area (Å²) in [6.45, 7) is 0. The number of nitrogens with one attached hydrogen (secondary N) is 2. The van der Waals surface area contributed by atoms with Crippen LogP contribution in [-0.2, 0) is 0 Å². The Bertz CT molecular complexity index is 482. The van der Waals surface area contributed by atoms with Crippen LogP contribution in [0.4, 0.5) is 5.69 Å². The first kappa shape index (κ1) is 10.1. The lowest BCUT2D eigenvalue weighted by molar-refractivity contribution is 0.101. The topological polar surface area (TPSA) is 92.8 Å². The fourth-order valence-electron chi connectivity index (χ4n) is 1.15. The number of hydrogen-bond donors (Lipinski definition) is 2. The molecular formula is C9H9N5O2. The zero-order chi connectivity index (χ0) is 11.4. The molecule has 82 valence electrons. The molecule has 0 spiro atoms. The number of carbonyl (C=O) groups is 1. The Balaban J connectivity index is 2.12. The van der Waals surface area contributed by atoms with E-state index in [0.29, 0.717) is 11.4 Å². The molecule has 0 aliphatic rings. The molecule has 0 atom stereocenters. The van der Waals surface area contributed by atoms with E-state index in [1.54, 1.807) is 31.4 Å². The highest BCUT2D eigenvalue weighted by Crippen LogP contribution is 2.16. The van der Waals surface area contributed by atoms with Gasteiger partial charge in [0, 0.05) is 11.8 Å². The first-order chi connectivity index (χ1) is 7.79. The van der Waals surface area contributed by atoms with E-state index in [4.69, 9.17) is 4.74 Å². The van der Waals surface area contributed by atoms with E-state index in [1.807, 2.05) is 0 Å². The highest BCUT2D eigenvalue weighted by atomic mass is 16.5. The van der Waals surface area contributed by atoms with Crippen LogP contribution in [0.2, 0.25) is 0 Å². The quantitative estimate of drug-likeness (QED) is 0.782. The van der Waals surface area contributed by atoms with Gasteiger partial charge in [0.2, 0.25) is 0 Å². The molecular weight excluding hydrogens is 210 g/mol. The molecule has 0 aliphatic heterocycles. The second-order valence-corrected chi connectivity index (χ2v) is 2.92. The van der Waals surface area contributed by atoms with Crippen LogP contribution in [0.25, 0.3) is 0 Å². The largest absolute Gasteiger partial charge is 0.497 e. The van der Waals surface area contributed by atoms with Gasteiger partial charge in [-0.05, 0) is 17.3 Å². The second kappa shape index (κ2) is 4.39. The number of rotatable bonds is 3. The normalized spacial score (nSPS) is 9.81. The molecule has 0 radical (unpaired) electrons. The molecule has 16 heavy (non-hydrogen) atoms. The number of ether oxygens (including phenoxy) is 1. The predicted octanol–water partition coefficient (Wildman–Crippen LogP) is 0.461. The number of hydrogen-bond acceptors (Lipinski definition) is 5. The lowest BCUT2D eigenvalue weighted by atomic mass is 10.3. The highest BCUT2D eigenvalue weighted by molar-refractivity contribution is 6.01. The summed E-state index contributed by atoms with van der Waals surface area (Å²) < 4.78 is 5.03. The predicted molar refractivity (Wildman–Crippen MR) is 55.1 cm³/mol. The Hall–Kier alpha value is -2.44. The Morgan fingerprint density at radius 1 is 1.50 bits per heavy atom. The van der Waals surface area contributed by atoms with E-state index in [0.717, 1.165) is 0 Å². The maximum Gasteiger partial charge on any atom is 0.297 e. The monoisotopic (exact) mass is 219 g/mol. The molecule has 2 aromatic rings. The van der Waals surface area contributed by atoms with Gasteiger partial charge in [0.05, 0.1) is 7.11 Å². The van der Waals surface area contributed by atoms with Gasteiger partial charge in [0.25, 0.3) is 11.7 Å². The van der Waals surface area contributed by atoms with Crippen molar-refractivity contribution in [3.63, 3.8) is 0 Å². The Morgan fingerprint density at radius 2 is 2.38 bits per heavy atom. The summed E-state index contributed by atoms with van der Waals surface area (Å²) in [6, 6.07) is 6.98. The number of aromatic nitrogens is 4. The fourth-order valence-corrected chi connectivity index (χ4v) is 1.15. The van der Waals surface area contributed by atoms with Gasteiger partial charge in [-0.15, -0.1) is 10.2 Å². The van der Waals surface area contributed by atoms with Gasteiger partial charge in [0.15, 0.2) is 0 Å². The van der Waals surface area contributed by atoms with Crippen molar-refractivity contribution >= 4 is 11.6 Å². The number of nitrogens with zero attached hydrogens (tertiary/aromatic N) is 3. The minimum absolute atomic E-state index is 0.0113. The summed E-state index contributed by atoms with van der Waals surface area (Å²) in [5.41, 5.74) is 0.606. The van der Waals surface area contributed by atoms with Crippen molar-refractivity contribution in [2.24, 2.45) is 0 Å². The van der Waals surface area contributed by atoms with Crippen LogP contribution < -0.4 is 10.1 Å². The fraction of sp³-hybridized carbons (Fsp3) is 0.111. The summed E-state index contributed by atoms with van der Waals surface area (Å²) >= 11 is 0. The number of amides is 1. The Labute approximate surface area is 90.8 Å². The zero-order valence-corrected chi connectivity index (χ0v) is 8.47. The van der Waals surface area contributed by atoms with Gasteiger partial charge in [-0.1, -0.05) is 6.07 Å². The Morgan fingerprint density at radius 3 is 3.06 bits per heavy atom. The molecule has 0 unspecified atom stereocenters. The van der Waals surface area contributed by atoms with Crippen molar-refractivity contribution in [1.82, 2.24) is 20.6 Å². The highest BCUT2D eigenvalue weighted by Gasteiger charge is 2.10. The number of H-pyrrole nitrogens is 1. The van der Waals surface area contributed by atoms with E-state index in [2.05, 4.69) is 25.9 Å². The third kappa shape index (κ3) is 2.14. The molecule has 7 nitrogen and oxygen atoms in total. The first-order valence-corrected chi connectivity index (χ1v) is 4.48. The molecule has 0 saturated carbocycles. The molecule has 1 aromatic heterocycles. The molecule has 2 N–H and O–H groups in total. The van der Waals surface area contributed by atoms with Crippen molar-refractivity contribution in [2.45, 2.75) is 0 Å². The van der Waals surface area contributed by atoms with Crippen molar-refractivity contribution in [2.75, 3.05) is 12.4 Å². The summed E-state index contributed by atoms with van der Waals surface area (Å²) in [6.07, 6.45) is 0. The minimum Gasteiger partial charge on any atom is -0.497 e. The zero-order valence-electron chi connectivity index (χ0n) is 8.47. The van der Waals surface area contributed by atoms with E-state index in [9.17, 15) is 4.79 Å². The number of benzene rings is 1. The lowest BCUT2D eigenvalue weighted by Gasteiger charge is -2.04. The van der Waals surface area contributed by atoms with Gasteiger partial charge in [-0.2, -0.15) is 5.21 Å². The summed E-state index contributed by atoms with van der Waals surface area (Å²) in [5, 5.41) is 15.2. The van der Waals surface area contributed by atoms with E-state index in [1.165, 1.54) is 0 Å². The summed E-state index contributed by atoms with van der Waals surface area (Å²) in [4.78, 5) is 11.5. The van der Waals surface area contributed by atoms with Gasteiger partial charge < -0.3 is 10.1 Å². The molecule has 2 rings (SSSR count). The SMILES string of the molecule is COc1cccc(NC(=O)c2nn[nH]n2)c1. The molecule has 0 bridgehead atoms. The molecule has 0 fully saturated rings. The maximum atomic E-state index is 11.5. The minimum atomic E-state index is -0.429. The second-order valence-electron chi connectivity index (χ2n) is 2.92. The van der Waals surface area contributed by atoms with Gasteiger partial charge >= 0.3 is 0 Å². The number of carbonyl (C=O) groups excluding carboxylic acids is 1. The third-order valence-corrected chi connectivity index (χ3v) is 1.88. The number of aromatic amines is 1. The number of methoxy groups -OCH3 is 1. The van der Waals surface area contributed by atoms with Gasteiger partial charge in [0.1, 0.15) is 5.75 Å². The summed E-state index contributed by atoms with van der Waals surface area (Å²) in [5.74, 6) is 0.218. The van der Waals surface area contributed by atoms with Crippen molar-refractivity contribution in [3.8, 4) is 5.75 Å². The Kier molecular flexibility index (Phi) is 2.77. The van der Waals surface area contributed by atoms with Gasteiger partial charge in [-0.25, -0.2) is 0 Å². The maximum absolute atomic E-state index is 11.5. The standard InChI is InChI=1S/C9H9N5O2/c1-16-7-4-2-3-6(5-7)10-9(15)8-11-13-14-12-8/h2-5H,1H3,(H,10,15)(H,11,12,13,14). The van der Waals surface area contributed by atoms with Gasteiger partial charge in [-0.3, -0.25) is 4.79 Å². The van der Waals surface area contributed by atoms with Crippen LogP contribution in [0.5, 0.6) is 5.75 Å². The van der Waals surface area contributed by atoms with Crippen LogP contribution >= 0.6 is 0 Å². The molecule has 0 saturated heterocycles. The third-order valence-electron chi connectivity index (χ3n) is 1.88. The summed E-state index contributed by atoms with van der Waals surface area (Å²) in [7, 11) is 1.56. The lowest BCUT2D eigenvalue weighted by Crippen LogP contribution is -2.13. The molecule has 7 heteroatoms. The number of anilines is 1. The van der Waals surface area contributed by atoms with Crippen LogP contribution in [0.15, 0.2) is 24.3 Å². The smallest absolute Gasteiger partial charge is 0.297 e. The molecule has 1 aromatic carbocycles. The van der Waals surface area contributed by atoms with E-state index >= 15 is 0 Å². The van der Waals surface area contributed by atoms with Crippen LogP contribution in [-0.4, -0.2) is 33.6 Å². The van der Waals surface area contributed by atoms with E-state index in [-0.39, 0.29) is 5.82 Å². The van der Waals surface area contributed by atoms with E-state index < -0.39 is 5.91 Å². The van der Waals surface area contributed by atoms with Crippen molar-refractivity contribution < 1.29 is 9.53 Å². The van der Waals surface area contributed by atoms with Crippen LogP contribution in [0, 0.1) is 0 Å². The molecule has 0 aliphatic carbocycles. The average molecular weight is 219 g/mol.